The number of amides is 10. The first kappa shape index (κ1) is 44.9. The molecule has 53 heavy (non-hydrogen) atoms. The smallest absolute Gasteiger partial charge is 0.243 e. The molecule has 10 amide bonds. The SMILES string of the molecule is CC(C)[C@H](NC(=O)[C@H](C)NC(=O)[C@@H](N)CC(N)=O)C(=O)N[C@@H](C)C(=O)N[C@@H](CC(N)=O)C(=O)N[C@@H](Cc1cnc[nH]1)C(=O)N[C@@H](CCC(N)=O)C(N)=O. The van der Waals surface area contributed by atoms with Gasteiger partial charge in [-0.2, -0.15) is 0 Å². The molecule has 0 bridgehead atoms. The zero-order chi connectivity index (χ0) is 40.6. The van der Waals surface area contributed by atoms with Crippen LogP contribution in [0.3, 0.4) is 0 Å². The van der Waals surface area contributed by atoms with Gasteiger partial charge >= 0.3 is 0 Å². The first-order valence-electron chi connectivity index (χ1n) is 16.3. The van der Waals surface area contributed by atoms with Crippen molar-refractivity contribution < 1.29 is 47.9 Å². The van der Waals surface area contributed by atoms with Crippen LogP contribution >= 0.6 is 0 Å². The van der Waals surface area contributed by atoms with Gasteiger partial charge in [-0.05, 0) is 26.2 Å². The summed E-state index contributed by atoms with van der Waals surface area (Å²) < 4.78 is 0. The number of hydrogen-bond acceptors (Lipinski definition) is 12. The summed E-state index contributed by atoms with van der Waals surface area (Å²) >= 11 is 0. The number of carbonyl (C=O) groups is 10. The van der Waals surface area contributed by atoms with E-state index in [0.29, 0.717) is 5.69 Å². The van der Waals surface area contributed by atoms with Gasteiger partial charge in [0.15, 0.2) is 0 Å². The van der Waals surface area contributed by atoms with Gasteiger partial charge < -0.3 is 65.6 Å². The Kier molecular flexibility index (Phi) is 18.0. The van der Waals surface area contributed by atoms with E-state index in [4.69, 9.17) is 28.7 Å². The number of carbonyl (C=O) groups excluding carboxylic acids is 10. The Morgan fingerprint density at radius 2 is 1.13 bits per heavy atom. The predicted octanol–water partition coefficient (Wildman–Crippen LogP) is -6.61. The van der Waals surface area contributed by atoms with Gasteiger partial charge in [-0.15, -0.1) is 0 Å². The quantitative estimate of drug-likeness (QED) is 0.0497. The van der Waals surface area contributed by atoms with Gasteiger partial charge in [-0.25, -0.2) is 4.98 Å². The summed E-state index contributed by atoms with van der Waals surface area (Å²) in [5.74, 6) is -9.51. The number of nitrogens with two attached hydrogens (primary N) is 5. The minimum absolute atomic E-state index is 0.215. The van der Waals surface area contributed by atoms with Crippen molar-refractivity contribution in [2.24, 2.45) is 34.6 Å². The van der Waals surface area contributed by atoms with E-state index >= 15 is 0 Å². The molecule has 0 saturated carbocycles. The van der Waals surface area contributed by atoms with Gasteiger partial charge in [0.25, 0.3) is 0 Å². The molecule has 23 nitrogen and oxygen atoms in total. The molecular weight excluding hydrogens is 702 g/mol. The molecule has 0 unspecified atom stereocenters. The number of nitrogens with zero attached hydrogens (tertiary/aromatic N) is 1. The van der Waals surface area contributed by atoms with Crippen LogP contribution in [0.4, 0.5) is 0 Å². The van der Waals surface area contributed by atoms with Crippen LogP contribution in [-0.2, 0) is 54.4 Å². The van der Waals surface area contributed by atoms with Crippen LogP contribution in [0.25, 0.3) is 0 Å². The third-order valence-corrected chi connectivity index (χ3v) is 7.50. The molecule has 23 heteroatoms. The highest BCUT2D eigenvalue weighted by Gasteiger charge is 2.33. The fourth-order valence-corrected chi connectivity index (χ4v) is 4.53. The van der Waals surface area contributed by atoms with E-state index in [1.807, 2.05) is 0 Å². The Bertz CT molecular complexity index is 1520. The zero-order valence-electron chi connectivity index (χ0n) is 29.7. The molecule has 1 aromatic rings. The summed E-state index contributed by atoms with van der Waals surface area (Å²) in [7, 11) is 0. The Labute approximate surface area is 303 Å². The molecule has 7 atom stereocenters. The van der Waals surface area contributed by atoms with Crippen molar-refractivity contribution >= 4 is 59.1 Å². The molecule has 0 aliphatic carbocycles. The second-order valence-corrected chi connectivity index (χ2v) is 12.5. The lowest BCUT2D eigenvalue weighted by Gasteiger charge is -2.27. The molecule has 0 aromatic carbocycles. The van der Waals surface area contributed by atoms with Crippen LogP contribution in [0, 0.1) is 5.92 Å². The Balaban J connectivity index is 3.07. The molecule has 0 aliphatic rings. The van der Waals surface area contributed by atoms with E-state index in [-0.39, 0.29) is 19.3 Å². The van der Waals surface area contributed by atoms with Gasteiger partial charge in [-0.3, -0.25) is 47.9 Å². The molecule has 0 spiro atoms. The fourth-order valence-electron chi connectivity index (χ4n) is 4.53. The number of aromatic nitrogens is 2. The highest BCUT2D eigenvalue weighted by Crippen LogP contribution is 2.06. The van der Waals surface area contributed by atoms with Gasteiger partial charge in [0.05, 0.1) is 25.2 Å². The second-order valence-electron chi connectivity index (χ2n) is 12.5. The average Bonchev–Trinajstić information content (AvgIpc) is 3.56. The third kappa shape index (κ3) is 16.2. The van der Waals surface area contributed by atoms with Crippen LogP contribution < -0.4 is 60.6 Å². The molecule has 0 radical (unpaired) electrons. The van der Waals surface area contributed by atoms with E-state index in [0.717, 1.165) is 0 Å². The molecule has 1 rings (SSSR count). The largest absolute Gasteiger partial charge is 0.370 e. The van der Waals surface area contributed by atoms with Crippen molar-refractivity contribution in [2.75, 3.05) is 0 Å². The van der Waals surface area contributed by atoms with Crippen molar-refractivity contribution in [3.05, 3.63) is 18.2 Å². The zero-order valence-corrected chi connectivity index (χ0v) is 29.7. The van der Waals surface area contributed by atoms with E-state index in [1.54, 1.807) is 13.8 Å². The first-order chi connectivity index (χ1) is 24.6. The van der Waals surface area contributed by atoms with E-state index in [1.165, 1.54) is 26.4 Å². The van der Waals surface area contributed by atoms with Gasteiger partial charge in [0.2, 0.25) is 59.1 Å². The summed E-state index contributed by atoms with van der Waals surface area (Å²) in [6, 6.07) is -9.53. The van der Waals surface area contributed by atoms with Crippen LogP contribution in [0.1, 0.15) is 59.1 Å². The molecule has 294 valence electrons. The molecular formula is C30H49N13O10. The van der Waals surface area contributed by atoms with Crippen molar-refractivity contribution in [1.29, 1.82) is 0 Å². The van der Waals surface area contributed by atoms with Crippen molar-refractivity contribution in [2.45, 2.75) is 102 Å². The number of nitrogens with one attached hydrogen (secondary N) is 7. The topological polar surface area (TPSA) is 402 Å². The Morgan fingerprint density at radius 1 is 0.623 bits per heavy atom. The summed E-state index contributed by atoms with van der Waals surface area (Å²) in [6.45, 7) is 5.74. The lowest BCUT2D eigenvalue weighted by molar-refractivity contribution is -0.136. The molecule has 0 saturated heterocycles. The maximum absolute atomic E-state index is 13.4. The minimum Gasteiger partial charge on any atom is -0.370 e. The number of rotatable bonds is 23. The van der Waals surface area contributed by atoms with Crippen molar-refractivity contribution in [3.63, 3.8) is 0 Å². The molecule has 0 aliphatic heterocycles. The number of hydrogen-bond donors (Lipinski definition) is 12. The highest BCUT2D eigenvalue weighted by molar-refractivity contribution is 5.98. The number of H-pyrrole nitrogens is 1. The predicted molar refractivity (Wildman–Crippen MR) is 183 cm³/mol. The highest BCUT2D eigenvalue weighted by atomic mass is 16.2. The third-order valence-electron chi connectivity index (χ3n) is 7.50. The first-order valence-corrected chi connectivity index (χ1v) is 16.3. The van der Waals surface area contributed by atoms with Crippen LogP contribution in [-0.4, -0.2) is 111 Å². The van der Waals surface area contributed by atoms with Crippen molar-refractivity contribution in [1.82, 2.24) is 41.9 Å². The van der Waals surface area contributed by atoms with E-state index < -0.39 is 120 Å². The Morgan fingerprint density at radius 3 is 1.62 bits per heavy atom. The minimum atomic E-state index is -1.66. The summed E-state index contributed by atoms with van der Waals surface area (Å²) in [5.41, 5.74) is 26.8. The van der Waals surface area contributed by atoms with Crippen LogP contribution in [0.5, 0.6) is 0 Å². The monoisotopic (exact) mass is 751 g/mol. The fraction of sp³-hybridized carbons (Fsp3) is 0.567. The Hall–Kier alpha value is -6.13. The summed E-state index contributed by atoms with van der Waals surface area (Å²) in [5, 5.41) is 14.2. The van der Waals surface area contributed by atoms with Gasteiger partial charge in [0, 0.05) is 24.7 Å². The standard InChI is InChI=1S/C30H49N13O10/c1-12(2)23(43-26(49)14(4)38-27(50)16(31)8-21(33)45)30(53)39-13(3)25(48)41-19(9-22(34)46)29(52)42-18(7-15-10-36-11-37-15)28(51)40-17(24(35)47)5-6-20(32)44/h10-14,16-19,23H,5-9,31H2,1-4H3,(H2,32,44)(H2,33,45)(H2,34,46)(H2,35,47)(H,36,37)(H,38,50)(H,39,53)(H,40,51)(H,41,48)(H,42,52)(H,43,49)/t13-,14-,16-,17-,18-,19-,23-/m0/s1. The van der Waals surface area contributed by atoms with Crippen LogP contribution in [0.15, 0.2) is 12.5 Å². The molecule has 0 fully saturated rings. The number of aromatic amines is 1. The lowest BCUT2D eigenvalue weighted by atomic mass is 10.0. The van der Waals surface area contributed by atoms with Crippen molar-refractivity contribution in [3.8, 4) is 0 Å². The molecule has 17 N–H and O–H groups in total. The van der Waals surface area contributed by atoms with Crippen LogP contribution in [0.2, 0.25) is 0 Å². The molecule has 1 heterocycles. The summed E-state index contributed by atoms with van der Waals surface area (Å²) in [6.07, 6.45) is 0.721. The number of imidazole rings is 1. The normalized spacial score (nSPS) is 14.8. The lowest BCUT2D eigenvalue weighted by Crippen LogP contribution is -2.60. The number of primary amides is 4. The molecule has 1 aromatic heterocycles. The van der Waals surface area contributed by atoms with Gasteiger partial charge in [-0.1, -0.05) is 13.8 Å². The van der Waals surface area contributed by atoms with E-state index in [9.17, 15) is 47.9 Å². The second kappa shape index (κ2) is 21.3. The summed E-state index contributed by atoms with van der Waals surface area (Å²) in [4.78, 5) is 131. The average molecular weight is 752 g/mol. The maximum Gasteiger partial charge on any atom is 0.243 e. The van der Waals surface area contributed by atoms with E-state index in [2.05, 4.69) is 41.9 Å². The maximum atomic E-state index is 13.4. The van der Waals surface area contributed by atoms with Gasteiger partial charge in [0.1, 0.15) is 36.3 Å².